The number of hydrogen-bond donors (Lipinski definition) is 1. The predicted octanol–water partition coefficient (Wildman–Crippen LogP) is 5.19. The van der Waals surface area contributed by atoms with Gasteiger partial charge in [-0.25, -0.2) is 31.3 Å². The summed E-state index contributed by atoms with van der Waals surface area (Å²) in [7, 11) is -4.11. The first-order valence-corrected chi connectivity index (χ1v) is 16.4. The molecule has 4 aromatic heterocycles. The van der Waals surface area contributed by atoms with Gasteiger partial charge in [-0.2, -0.15) is 0 Å². The topological polar surface area (TPSA) is 120 Å². The van der Waals surface area contributed by atoms with Crippen molar-refractivity contribution >= 4 is 38.4 Å². The summed E-state index contributed by atoms with van der Waals surface area (Å²) in [5.41, 5.74) is 2.36. The Morgan fingerprint density at radius 2 is 1.87 bits per heavy atom. The number of rotatable bonds is 7. The molecule has 0 amide bonds. The van der Waals surface area contributed by atoms with Crippen molar-refractivity contribution in [2.24, 2.45) is 17.8 Å². The molecule has 12 heteroatoms. The van der Waals surface area contributed by atoms with Crippen LogP contribution in [0.5, 0.6) is 0 Å². The van der Waals surface area contributed by atoms with Crippen molar-refractivity contribution < 1.29 is 22.3 Å². The number of carbonyl (C=O) groups is 1. The molecule has 230 valence electrons. The summed E-state index contributed by atoms with van der Waals surface area (Å²) in [5.74, 6) is 2.44. The van der Waals surface area contributed by atoms with Crippen LogP contribution in [-0.4, -0.2) is 50.6 Å². The number of fused-ring (bicyclic) bond motifs is 5. The number of ether oxygens (including phenoxy) is 1. The molecule has 5 aromatic rings. The summed E-state index contributed by atoms with van der Waals surface area (Å²) in [6.07, 6.45) is 13.7. The number of hydrogen-bond acceptors (Lipinski definition) is 8. The third-order valence-electron chi connectivity index (χ3n) is 9.11. The van der Waals surface area contributed by atoms with Gasteiger partial charge in [-0.15, -0.1) is 11.5 Å². The SMILES string of the molecule is C#Cc1cc2c(NC3C4CCC(CC4)C3C(=O)OCC)nc(-c3cn(S(=O)(=O)c4ccc(C)cc4)c4ncc(F)cc34)nn2c1. The minimum atomic E-state index is -4.11. The third kappa shape index (κ3) is 4.91. The van der Waals surface area contributed by atoms with E-state index < -0.39 is 15.8 Å². The summed E-state index contributed by atoms with van der Waals surface area (Å²) >= 11 is 0. The molecule has 0 radical (unpaired) electrons. The first kappa shape index (κ1) is 29.0. The Hall–Kier alpha value is -4.76. The predicted molar refractivity (Wildman–Crippen MR) is 166 cm³/mol. The zero-order valence-electron chi connectivity index (χ0n) is 24.8. The highest BCUT2D eigenvalue weighted by atomic mass is 32.2. The summed E-state index contributed by atoms with van der Waals surface area (Å²) in [4.78, 5) is 22.3. The monoisotopic (exact) mass is 626 g/mol. The Morgan fingerprint density at radius 3 is 2.58 bits per heavy atom. The van der Waals surface area contributed by atoms with Crippen LogP contribution in [0.2, 0.25) is 0 Å². The number of benzene rings is 1. The molecule has 2 atom stereocenters. The summed E-state index contributed by atoms with van der Waals surface area (Å²) in [6, 6.07) is 9.22. The van der Waals surface area contributed by atoms with Crippen molar-refractivity contribution in [2.75, 3.05) is 11.9 Å². The van der Waals surface area contributed by atoms with Crippen molar-refractivity contribution in [3.05, 3.63) is 71.9 Å². The van der Waals surface area contributed by atoms with Gasteiger partial charge in [-0.05, 0) is 75.6 Å². The minimum Gasteiger partial charge on any atom is -0.466 e. The molecule has 10 nitrogen and oxygen atoms in total. The van der Waals surface area contributed by atoms with Crippen molar-refractivity contribution in [3.8, 4) is 23.7 Å². The zero-order chi connectivity index (χ0) is 31.5. The highest BCUT2D eigenvalue weighted by Crippen LogP contribution is 2.47. The van der Waals surface area contributed by atoms with Gasteiger partial charge in [-0.3, -0.25) is 4.79 Å². The number of pyridine rings is 1. The number of aryl methyl sites for hydroxylation is 1. The van der Waals surface area contributed by atoms with Crippen LogP contribution in [0.1, 0.15) is 43.7 Å². The fourth-order valence-corrected chi connectivity index (χ4v) is 8.25. The van der Waals surface area contributed by atoms with Crippen LogP contribution in [0.4, 0.5) is 10.2 Å². The van der Waals surface area contributed by atoms with Crippen LogP contribution in [0.15, 0.2) is 59.9 Å². The fourth-order valence-electron chi connectivity index (χ4n) is 6.93. The molecule has 0 aliphatic heterocycles. The third-order valence-corrected chi connectivity index (χ3v) is 10.8. The van der Waals surface area contributed by atoms with E-state index in [-0.39, 0.29) is 57.1 Å². The lowest BCUT2D eigenvalue weighted by molar-refractivity contribution is -0.154. The fraction of sp³-hybridized carbons (Fsp3) is 0.333. The Morgan fingerprint density at radius 1 is 1.13 bits per heavy atom. The van der Waals surface area contributed by atoms with E-state index >= 15 is 0 Å². The number of nitrogens with one attached hydrogen (secondary N) is 1. The molecular weight excluding hydrogens is 595 g/mol. The maximum atomic E-state index is 14.6. The van der Waals surface area contributed by atoms with Gasteiger partial charge in [0.25, 0.3) is 10.0 Å². The molecule has 3 saturated carbocycles. The molecule has 0 saturated heterocycles. The standard InChI is InChI=1S/C33H31FN6O4S/c1-4-20-14-27-31(36-29-22-10-8-21(9-11-22)28(29)33(41)44-5-2)37-30(38-39(27)17-20)26-18-40(32-25(26)15-23(34)16-35-32)45(42,43)24-12-6-19(3)7-13-24/h1,6-7,12-18,21-22,28-29H,5,8-11H2,2-3H3,(H,36,37,38). The molecule has 45 heavy (non-hydrogen) atoms. The van der Waals surface area contributed by atoms with E-state index in [1.807, 2.05) is 6.92 Å². The maximum Gasteiger partial charge on any atom is 0.311 e. The van der Waals surface area contributed by atoms with Crippen LogP contribution in [-0.2, 0) is 19.6 Å². The molecule has 0 spiro atoms. The van der Waals surface area contributed by atoms with Gasteiger partial charge in [0, 0.05) is 34.9 Å². The van der Waals surface area contributed by atoms with Crippen molar-refractivity contribution in [1.29, 1.82) is 0 Å². The smallest absolute Gasteiger partial charge is 0.311 e. The van der Waals surface area contributed by atoms with Gasteiger partial charge in [0.15, 0.2) is 17.3 Å². The molecule has 3 aliphatic rings. The van der Waals surface area contributed by atoms with Gasteiger partial charge in [-0.1, -0.05) is 23.6 Å². The largest absolute Gasteiger partial charge is 0.466 e. The number of carbonyl (C=O) groups excluding carboxylic acids is 1. The number of terminal acetylenes is 1. The molecule has 3 fully saturated rings. The Balaban J connectivity index is 1.39. The number of anilines is 1. The normalized spacial score (nSPS) is 21.2. The molecule has 8 rings (SSSR count). The molecule has 2 bridgehead atoms. The Kier molecular flexibility index (Phi) is 7.08. The average Bonchev–Trinajstić information content (AvgIpc) is 3.64. The van der Waals surface area contributed by atoms with Crippen LogP contribution in [0.25, 0.3) is 27.9 Å². The Bertz CT molecular complexity index is 2110. The van der Waals surface area contributed by atoms with Crippen LogP contribution < -0.4 is 5.32 Å². The lowest BCUT2D eigenvalue weighted by Gasteiger charge is -2.47. The zero-order valence-corrected chi connectivity index (χ0v) is 25.6. The van der Waals surface area contributed by atoms with Gasteiger partial charge >= 0.3 is 5.97 Å². The van der Waals surface area contributed by atoms with Crippen molar-refractivity contribution in [2.45, 2.75) is 50.5 Å². The molecule has 2 unspecified atom stereocenters. The molecule has 4 heterocycles. The second-order valence-corrected chi connectivity index (χ2v) is 13.6. The quantitative estimate of drug-likeness (QED) is 0.194. The summed E-state index contributed by atoms with van der Waals surface area (Å²) in [5, 5.41) is 8.47. The van der Waals surface area contributed by atoms with Crippen LogP contribution >= 0.6 is 0 Å². The minimum absolute atomic E-state index is 0.0361. The van der Waals surface area contributed by atoms with E-state index in [0.717, 1.165) is 41.4 Å². The van der Waals surface area contributed by atoms with E-state index in [9.17, 15) is 17.6 Å². The van der Waals surface area contributed by atoms with Crippen LogP contribution in [0.3, 0.4) is 0 Å². The molecule has 3 aliphatic carbocycles. The van der Waals surface area contributed by atoms with E-state index in [1.165, 1.54) is 24.4 Å². The highest BCUT2D eigenvalue weighted by Gasteiger charge is 2.48. The number of aromatic nitrogens is 5. The summed E-state index contributed by atoms with van der Waals surface area (Å²) in [6.45, 7) is 3.96. The Labute approximate surface area is 259 Å². The summed E-state index contributed by atoms with van der Waals surface area (Å²) < 4.78 is 50.3. The number of halogens is 1. The second kappa shape index (κ2) is 11.0. The maximum absolute atomic E-state index is 14.6. The van der Waals surface area contributed by atoms with E-state index in [2.05, 4.69) is 21.3 Å². The van der Waals surface area contributed by atoms with E-state index in [4.69, 9.17) is 16.1 Å². The van der Waals surface area contributed by atoms with Crippen LogP contribution in [0, 0.1) is 42.8 Å². The molecule has 1 aromatic carbocycles. The van der Waals surface area contributed by atoms with Gasteiger partial charge < -0.3 is 10.1 Å². The van der Waals surface area contributed by atoms with Gasteiger partial charge in [0.1, 0.15) is 11.3 Å². The lowest BCUT2D eigenvalue weighted by Crippen LogP contribution is -2.52. The first-order chi connectivity index (χ1) is 21.7. The average molecular weight is 627 g/mol. The van der Waals surface area contributed by atoms with Crippen molar-refractivity contribution in [3.63, 3.8) is 0 Å². The van der Waals surface area contributed by atoms with Gasteiger partial charge in [0.05, 0.1) is 23.6 Å². The van der Waals surface area contributed by atoms with E-state index in [0.29, 0.717) is 23.5 Å². The van der Waals surface area contributed by atoms with E-state index in [1.54, 1.807) is 35.8 Å². The lowest BCUT2D eigenvalue weighted by atomic mass is 9.61. The highest BCUT2D eigenvalue weighted by molar-refractivity contribution is 7.90. The molecule has 1 N–H and O–H groups in total. The van der Waals surface area contributed by atoms with Gasteiger partial charge in [0.2, 0.25) is 0 Å². The number of nitrogens with zero attached hydrogens (tertiary/aromatic N) is 5. The molecular formula is C33H31FN6O4S. The van der Waals surface area contributed by atoms with Crippen molar-refractivity contribution in [1.82, 2.24) is 23.6 Å². The first-order valence-electron chi connectivity index (χ1n) is 15.0. The second-order valence-electron chi connectivity index (χ2n) is 11.8. The number of esters is 1.